The molecule has 4 atom stereocenters. The molecule has 1 saturated heterocycles. The minimum atomic E-state index is -3.84. The van der Waals surface area contributed by atoms with Crippen LogP contribution in [0, 0.1) is 0 Å². The SMILES string of the molecule is COP(S)OCC(F)(F)Cn1c(COP(S)(=NONc2nc(N)[nH]c(=O)c2N)O[C@H]2COC[C@H]2F)nc2cncnc21. The number of fused-ring (bicyclic) bond motifs is 1. The van der Waals surface area contributed by atoms with E-state index in [-0.39, 0.29) is 47.7 Å². The van der Waals surface area contributed by atoms with Crippen molar-refractivity contribution in [3.8, 4) is 0 Å². The number of alkyl halides is 3. The van der Waals surface area contributed by atoms with Crippen LogP contribution in [0.3, 0.4) is 0 Å². The summed E-state index contributed by atoms with van der Waals surface area (Å²) >= 11 is 8.28. The molecule has 24 heteroatoms. The Hall–Kier alpha value is -2.26. The van der Waals surface area contributed by atoms with Crippen LogP contribution in [0.15, 0.2) is 22.2 Å². The summed E-state index contributed by atoms with van der Waals surface area (Å²) in [7, 11) is -0.531. The third-order valence-corrected chi connectivity index (χ3v) is 8.92. The van der Waals surface area contributed by atoms with E-state index in [0.29, 0.717) is 0 Å². The third-order valence-electron chi connectivity index (χ3n) is 5.28. The van der Waals surface area contributed by atoms with Crippen molar-refractivity contribution in [2.75, 3.05) is 43.9 Å². The highest BCUT2D eigenvalue weighted by molar-refractivity contribution is 8.45. The zero-order valence-corrected chi connectivity index (χ0v) is 25.0. The van der Waals surface area contributed by atoms with Crippen molar-refractivity contribution in [2.24, 2.45) is 4.91 Å². The fourth-order valence-corrected chi connectivity index (χ4v) is 5.71. The minimum Gasteiger partial charge on any atom is -0.391 e. The Morgan fingerprint density at radius 1 is 1.38 bits per heavy atom. The number of nitrogens with one attached hydrogen (secondary N) is 2. The summed E-state index contributed by atoms with van der Waals surface area (Å²) in [4.78, 5) is 38.7. The largest absolute Gasteiger partial charge is 0.391 e. The summed E-state index contributed by atoms with van der Waals surface area (Å²) in [5.41, 5.74) is 12.5. The van der Waals surface area contributed by atoms with E-state index >= 15 is 0 Å². The van der Waals surface area contributed by atoms with Gasteiger partial charge in [-0.25, -0.2) is 33.6 Å². The van der Waals surface area contributed by atoms with Gasteiger partial charge in [-0.1, -0.05) is 29.4 Å². The number of nitrogen functional groups attached to an aromatic ring is 2. The van der Waals surface area contributed by atoms with E-state index in [1.807, 2.05) is 0 Å². The monoisotopic (exact) mass is 676 g/mol. The predicted molar refractivity (Wildman–Crippen MR) is 151 cm³/mol. The van der Waals surface area contributed by atoms with Crippen LogP contribution >= 0.6 is 38.8 Å². The number of H-pyrrole nitrogens is 1. The number of imidazole rings is 1. The molecular formula is C18H25F3N10O7P2S2. The lowest BCUT2D eigenvalue weighted by Gasteiger charge is -2.23. The number of aromatic nitrogens is 6. The summed E-state index contributed by atoms with van der Waals surface area (Å²) in [6, 6.07) is 0. The third kappa shape index (κ3) is 8.43. The van der Waals surface area contributed by atoms with Gasteiger partial charge in [0.1, 0.15) is 42.7 Å². The van der Waals surface area contributed by atoms with E-state index in [4.69, 9.17) is 39.2 Å². The molecule has 3 aromatic heterocycles. The van der Waals surface area contributed by atoms with Crippen LogP contribution in [-0.2, 0) is 40.9 Å². The van der Waals surface area contributed by atoms with Gasteiger partial charge in [0.05, 0.1) is 26.0 Å². The van der Waals surface area contributed by atoms with Crippen LogP contribution in [-0.4, -0.2) is 74.6 Å². The summed E-state index contributed by atoms with van der Waals surface area (Å²) in [6.07, 6.45) is -0.213. The normalized spacial score (nSPS) is 19.6. The molecule has 0 radical (unpaired) electrons. The van der Waals surface area contributed by atoms with Crippen molar-refractivity contribution in [1.82, 2.24) is 29.5 Å². The second-order valence-corrected chi connectivity index (χ2v) is 13.6. The number of aromatic amines is 1. The van der Waals surface area contributed by atoms with E-state index in [2.05, 4.69) is 59.8 Å². The molecule has 6 N–H and O–H groups in total. The molecule has 0 bridgehead atoms. The van der Waals surface area contributed by atoms with Crippen LogP contribution in [0.5, 0.6) is 0 Å². The number of hydrogen-bond donors (Lipinski definition) is 6. The van der Waals surface area contributed by atoms with E-state index in [1.165, 1.54) is 13.3 Å². The van der Waals surface area contributed by atoms with Crippen LogP contribution in [0.1, 0.15) is 5.82 Å². The van der Waals surface area contributed by atoms with Crippen molar-refractivity contribution < 1.29 is 40.9 Å². The maximum absolute atomic E-state index is 14.9. The number of ether oxygens (including phenoxy) is 1. The van der Waals surface area contributed by atoms with Gasteiger partial charge < -0.3 is 38.9 Å². The Morgan fingerprint density at radius 2 is 2.17 bits per heavy atom. The van der Waals surface area contributed by atoms with Crippen molar-refractivity contribution in [3.63, 3.8) is 0 Å². The standard InChI is InChI=1S/C18H25F3N10O7P2S2/c1-33-39(41)35-7-18(20,21)6-31-12(26-10-2-24-8-25-15(10)31)5-36-40(42,37-11-4-34-3-9(11)19)30-38-29-14-13(22)16(32)28-17(23)27-14/h2,8-9,11,41-42H,3-7,22H2,1H3,(H4,23,27,28,29,32)/t9-,11+,39?,40?/m1/s1. The number of nitrogens with zero attached hydrogens (tertiary/aromatic N) is 6. The molecule has 1 aliphatic heterocycles. The van der Waals surface area contributed by atoms with Crippen LogP contribution in [0.4, 0.5) is 30.6 Å². The Balaban J connectivity index is 1.58. The van der Waals surface area contributed by atoms with Gasteiger partial charge in [0, 0.05) is 7.11 Å². The highest BCUT2D eigenvalue weighted by Crippen LogP contribution is 2.59. The first-order valence-electron chi connectivity index (χ1n) is 11.5. The number of thiol groups is 2. The summed E-state index contributed by atoms with van der Waals surface area (Å²) < 4.78 is 71.4. The second kappa shape index (κ2) is 14.0. The molecule has 0 amide bonds. The van der Waals surface area contributed by atoms with Crippen molar-refractivity contribution in [1.29, 1.82) is 0 Å². The molecule has 42 heavy (non-hydrogen) atoms. The number of nitrogens with two attached hydrogens (primary N) is 2. The first-order chi connectivity index (χ1) is 19.9. The zero-order valence-electron chi connectivity index (χ0n) is 21.5. The molecule has 0 spiro atoms. The zero-order chi connectivity index (χ0) is 30.5. The number of hydrogen-bond acceptors (Lipinski definition) is 16. The molecule has 232 valence electrons. The average molecular weight is 677 g/mol. The Morgan fingerprint density at radius 3 is 2.88 bits per heavy atom. The lowest BCUT2D eigenvalue weighted by molar-refractivity contribution is -0.0539. The molecule has 1 fully saturated rings. The highest BCUT2D eigenvalue weighted by atomic mass is 32.7. The lowest BCUT2D eigenvalue weighted by atomic mass is 10.3. The maximum atomic E-state index is 14.9. The van der Waals surface area contributed by atoms with Crippen LogP contribution in [0.2, 0.25) is 0 Å². The molecule has 1 aliphatic rings. The predicted octanol–water partition coefficient (Wildman–Crippen LogP) is 2.63. The van der Waals surface area contributed by atoms with Gasteiger partial charge in [0.15, 0.2) is 17.6 Å². The highest BCUT2D eigenvalue weighted by Gasteiger charge is 2.36. The first-order valence-corrected chi connectivity index (χ1v) is 16.6. The molecular weight excluding hydrogens is 651 g/mol. The Bertz CT molecular complexity index is 1510. The van der Waals surface area contributed by atoms with E-state index in [9.17, 15) is 18.0 Å². The van der Waals surface area contributed by atoms with Gasteiger partial charge >= 0.3 is 6.71 Å². The number of halogens is 3. The second-order valence-electron chi connectivity index (χ2n) is 8.35. The molecule has 4 rings (SSSR count). The van der Waals surface area contributed by atoms with Gasteiger partial charge in [0.2, 0.25) is 13.5 Å². The van der Waals surface area contributed by atoms with Gasteiger partial charge in [-0.2, -0.15) is 4.98 Å². The summed E-state index contributed by atoms with van der Waals surface area (Å²) in [5.74, 6) is -4.04. The van der Waals surface area contributed by atoms with Crippen molar-refractivity contribution >= 4 is 67.4 Å². The van der Waals surface area contributed by atoms with Crippen molar-refractivity contribution in [3.05, 3.63) is 28.7 Å². The minimum absolute atomic E-state index is 0.0528. The Labute approximate surface area is 246 Å². The fourth-order valence-electron chi connectivity index (χ4n) is 3.37. The summed E-state index contributed by atoms with van der Waals surface area (Å²) in [6.45, 7) is -6.69. The quantitative estimate of drug-likeness (QED) is 0.0821. The molecule has 0 aromatic carbocycles. The molecule has 2 unspecified atom stereocenters. The number of anilines is 3. The van der Waals surface area contributed by atoms with Gasteiger partial charge in [-0.3, -0.25) is 9.78 Å². The average Bonchev–Trinajstić information content (AvgIpc) is 3.50. The Kier molecular flexibility index (Phi) is 10.9. The topological polar surface area (TPSA) is 221 Å². The molecule has 0 saturated carbocycles. The van der Waals surface area contributed by atoms with Crippen molar-refractivity contribution in [2.45, 2.75) is 31.3 Å². The first kappa shape index (κ1) is 32.6. The van der Waals surface area contributed by atoms with E-state index in [1.54, 1.807) is 0 Å². The van der Waals surface area contributed by atoms with Gasteiger partial charge in [-0.05, 0) is 0 Å². The summed E-state index contributed by atoms with van der Waals surface area (Å²) in [5, 5.41) is 0. The van der Waals surface area contributed by atoms with Gasteiger partial charge in [-0.15, -0.1) is 4.94 Å². The van der Waals surface area contributed by atoms with Crippen LogP contribution < -0.4 is 22.5 Å². The molecule has 0 aliphatic carbocycles. The molecule has 4 heterocycles. The van der Waals surface area contributed by atoms with E-state index < -0.39 is 57.8 Å². The smallest absolute Gasteiger partial charge is 0.300 e. The maximum Gasteiger partial charge on any atom is 0.300 e. The molecule has 17 nitrogen and oxygen atoms in total. The fraction of sp³-hybridized carbons (Fsp3) is 0.500. The lowest BCUT2D eigenvalue weighted by Crippen LogP contribution is -2.30. The van der Waals surface area contributed by atoms with Crippen LogP contribution in [0.25, 0.3) is 11.2 Å². The number of rotatable bonds is 14. The van der Waals surface area contributed by atoms with E-state index in [0.717, 1.165) is 10.9 Å². The van der Waals surface area contributed by atoms with Gasteiger partial charge in [0.25, 0.3) is 11.5 Å². The molecule has 3 aromatic rings.